The van der Waals surface area contributed by atoms with Crippen LogP contribution in [-0.2, 0) is 5.41 Å². The lowest BCUT2D eigenvalue weighted by Crippen LogP contribution is -2.25. The normalized spacial score (nSPS) is 13.1. The van der Waals surface area contributed by atoms with E-state index in [9.17, 15) is 0 Å². The molecule has 8 aromatic carbocycles. The van der Waals surface area contributed by atoms with Crippen LogP contribution in [0.3, 0.4) is 0 Å². The van der Waals surface area contributed by atoms with E-state index in [2.05, 4.69) is 127 Å². The molecule has 0 saturated heterocycles. The van der Waals surface area contributed by atoms with Crippen molar-refractivity contribution in [1.29, 1.82) is 0 Å². The van der Waals surface area contributed by atoms with Crippen molar-refractivity contribution in [2.24, 2.45) is 0 Å². The molecule has 0 unspecified atom stereocenters. The molecule has 2 aliphatic rings. The van der Waals surface area contributed by atoms with Crippen LogP contribution in [0.2, 0.25) is 0 Å². The predicted molar refractivity (Wildman–Crippen MR) is 215 cm³/mol. The maximum atomic E-state index is 4.98. The summed E-state index contributed by atoms with van der Waals surface area (Å²) in [5.74, 6) is 1.98. The SMILES string of the molecule is c1ccc(-c2nc(-c3ccccc3)nc(-c3ccc4cc(-c5cccc6c5-c5ccccc5C65c6ccccc6-c6ccccc65)ccc4c3)n2)cc1. The van der Waals surface area contributed by atoms with E-state index in [4.69, 9.17) is 15.0 Å². The Hall–Kier alpha value is -6.97. The summed E-state index contributed by atoms with van der Waals surface area (Å²) in [6.07, 6.45) is 0. The summed E-state index contributed by atoms with van der Waals surface area (Å²) in [6.45, 7) is 0. The molecule has 11 rings (SSSR count). The first-order valence-corrected chi connectivity index (χ1v) is 18.1. The molecule has 0 N–H and O–H groups in total. The van der Waals surface area contributed by atoms with E-state index < -0.39 is 0 Å². The first-order valence-electron chi connectivity index (χ1n) is 18.1. The van der Waals surface area contributed by atoms with E-state index in [0.717, 1.165) is 22.1 Å². The molecule has 3 heteroatoms. The van der Waals surface area contributed by atoms with Gasteiger partial charge in [0.05, 0.1) is 5.41 Å². The molecular weight excluding hydrogens is 643 g/mol. The quantitative estimate of drug-likeness (QED) is 0.187. The smallest absolute Gasteiger partial charge is 0.164 e. The van der Waals surface area contributed by atoms with Crippen LogP contribution < -0.4 is 0 Å². The van der Waals surface area contributed by atoms with Crippen molar-refractivity contribution in [3.8, 4) is 67.5 Å². The Morgan fingerprint density at radius 3 is 1.28 bits per heavy atom. The highest BCUT2D eigenvalue weighted by molar-refractivity contribution is 6.01. The zero-order valence-corrected chi connectivity index (χ0v) is 28.7. The number of rotatable bonds is 4. The summed E-state index contributed by atoms with van der Waals surface area (Å²) in [7, 11) is 0. The lowest BCUT2D eigenvalue weighted by atomic mass is 9.70. The van der Waals surface area contributed by atoms with Gasteiger partial charge >= 0.3 is 0 Å². The van der Waals surface area contributed by atoms with Gasteiger partial charge in [0, 0.05) is 16.7 Å². The minimum Gasteiger partial charge on any atom is -0.208 e. The van der Waals surface area contributed by atoms with Gasteiger partial charge in [0.15, 0.2) is 17.5 Å². The van der Waals surface area contributed by atoms with Crippen LogP contribution in [0.4, 0.5) is 0 Å². The Morgan fingerprint density at radius 1 is 0.283 bits per heavy atom. The monoisotopic (exact) mass is 673 g/mol. The zero-order chi connectivity index (χ0) is 34.9. The Labute approximate surface area is 308 Å². The van der Waals surface area contributed by atoms with E-state index in [1.54, 1.807) is 0 Å². The van der Waals surface area contributed by atoms with Gasteiger partial charge in [-0.05, 0) is 78.5 Å². The topological polar surface area (TPSA) is 38.7 Å². The van der Waals surface area contributed by atoms with Gasteiger partial charge in [0.2, 0.25) is 0 Å². The Bertz CT molecular complexity index is 2790. The molecule has 0 atom stereocenters. The van der Waals surface area contributed by atoms with Crippen LogP contribution in [0.5, 0.6) is 0 Å². The fourth-order valence-corrected chi connectivity index (χ4v) is 8.87. The summed E-state index contributed by atoms with van der Waals surface area (Å²) in [6, 6.07) is 67.5. The molecule has 1 spiro atoms. The highest BCUT2D eigenvalue weighted by atomic mass is 15.0. The average Bonchev–Trinajstić information content (AvgIpc) is 3.71. The van der Waals surface area contributed by atoms with Crippen molar-refractivity contribution >= 4 is 10.8 Å². The zero-order valence-electron chi connectivity index (χ0n) is 28.7. The molecule has 0 bridgehead atoms. The molecule has 2 aliphatic carbocycles. The van der Waals surface area contributed by atoms with E-state index >= 15 is 0 Å². The number of hydrogen-bond donors (Lipinski definition) is 0. The third kappa shape index (κ3) is 4.38. The molecule has 0 radical (unpaired) electrons. The highest BCUT2D eigenvalue weighted by Gasteiger charge is 2.51. The molecule has 0 amide bonds. The lowest BCUT2D eigenvalue weighted by molar-refractivity contribution is 0.794. The van der Waals surface area contributed by atoms with E-state index in [-0.39, 0.29) is 5.41 Å². The number of hydrogen-bond acceptors (Lipinski definition) is 3. The van der Waals surface area contributed by atoms with Crippen LogP contribution in [0.25, 0.3) is 78.3 Å². The van der Waals surface area contributed by atoms with Gasteiger partial charge in [-0.15, -0.1) is 0 Å². The molecule has 1 aromatic heterocycles. The van der Waals surface area contributed by atoms with Gasteiger partial charge in [-0.1, -0.05) is 176 Å². The number of aromatic nitrogens is 3. The van der Waals surface area contributed by atoms with Crippen molar-refractivity contribution < 1.29 is 0 Å². The van der Waals surface area contributed by atoms with E-state index in [1.165, 1.54) is 61.0 Å². The van der Waals surface area contributed by atoms with Gasteiger partial charge in [-0.2, -0.15) is 0 Å². The maximum absolute atomic E-state index is 4.98. The van der Waals surface area contributed by atoms with Crippen molar-refractivity contribution in [1.82, 2.24) is 15.0 Å². The first-order chi connectivity index (χ1) is 26.3. The molecular formula is C50H31N3. The number of fused-ring (bicyclic) bond motifs is 11. The maximum Gasteiger partial charge on any atom is 0.164 e. The highest BCUT2D eigenvalue weighted by Crippen LogP contribution is 2.63. The summed E-state index contributed by atoms with van der Waals surface area (Å²) >= 11 is 0. The second-order valence-corrected chi connectivity index (χ2v) is 13.9. The minimum atomic E-state index is -0.359. The molecule has 9 aromatic rings. The standard InChI is InChI=1S/C50H31N3/c1-3-14-32(15-4-1)47-51-48(33-16-5-2-6-17-33)53-49(52-47)37-29-27-34-30-36(28-26-35(34)31-37)38-21-13-25-45-46(38)41-20-9-12-24-44(41)50(45)42-22-10-7-18-39(42)40-19-8-11-23-43(40)50/h1-31H. The summed E-state index contributed by atoms with van der Waals surface area (Å²) < 4.78 is 0. The summed E-state index contributed by atoms with van der Waals surface area (Å²) in [5.41, 5.74) is 15.7. The van der Waals surface area contributed by atoms with Gasteiger partial charge in [0.25, 0.3) is 0 Å². The molecule has 0 aliphatic heterocycles. The fourth-order valence-electron chi connectivity index (χ4n) is 8.87. The number of benzene rings is 8. The summed E-state index contributed by atoms with van der Waals surface area (Å²) in [5, 5.41) is 2.30. The molecule has 53 heavy (non-hydrogen) atoms. The van der Waals surface area contributed by atoms with Crippen LogP contribution >= 0.6 is 0 Å². The minimum absolute atomic E-state index is 0.359. The second-order valence-electron chi connectivity index (χ2n) is 13.9. The Kier molecular flexibility index (Phi) is 6.47. The van der Waals surface area contributed by atoms with Crippen molar-refractivity contribution in [2.75, 3.05) is 0 Å². The van der Waals surface area contributed by atoms with Crippen molar-refractivity contribution in [3.05, 3.63) is 210 Å². The van der Waals surface area contributed by atoms with Gasteiger partial charge in [-0.25, -0.2) is 15.0 Å². The average molecular weight is 674 g/mol. The number of nitrogens with zero attached hydrogens (tertiary/aromatic N) is 3. The van der Waals surface area contributed by atoms with Crippen LogP contribution in [0.15, 0.2) is 188 Å². The van der Waals surface area contributed by atoms with Crippen molar-refractivity contribution in [3.63, 3.8) is 0 Å². The fraction of sp³-hybridized carbons (Fsp3) is 0.0200. The van der Waals surface area contributed by atoms with Crippen LogP contribution in [0, 0.1) is 0 Å². The van der Waals surface area contributed by atoms with Gasteiger partial charge < -0.3 is 0 Å². The molecule has 1 heterocycles. The van der Waals surface area contributed by atoms with Crippen LogP contribution in [-0.4, -0.2) is 15.0 Å². The van der Waals surface area contributed by atoms with E-state index in [0.29, 0.717) is 17.5 Å². The Balaban J connectivity index is 1.06. The van der Waals surface area contributed by atoms with Gasteiger partial charge in [0.1, 0.15) is 0 Å². The second kappa shape index (κ2) is 11.5. The van der Waals surface area contributed by atoms with Crippen molar-refractivity contribution in [2.45, 2.75) is 5.41 Å². The molecule has 246 valence electrons. The van der Waals surface area contributed by atoms with Crippen LogP contribution in [0.1, 0.15) is 22.3 Å². The Morgan fingerprint density at radius 2 is 0.698 bits per heavy atom. The third-order valence-corrected chi connectivity index (χ3v) is 11.1. The molecule has 3 nitrogen and oxygen atoms in total. The van der Waals surface area contributed by atoms with Gasteiger partial charge in [-0.3, -0.25) is 0 Å². The first kappa shape index (κ1) is 29.7. The largest absolute Gasteiger partial charge is 0.208 e. The third-order valence-electron chi connectivity index (χ3n) is 11.1. The molecule has 0 saturated carbocycles. The lowest BCUT2D eigenvalue weighted by Gasteiger charge is -2.30. The summed E-state index contributed by atoms with van der Waals surface area (Å²) in [4.78, 5) is 14.8. The predicted octanol–water partition coefficient (Wildman–Crippen LogP) is 12.0. The van der Waals surface area contributed by atoms with E-state index in [1.807, 2.05) is 60.7 Å². The molecule has 0 fully saturated rings.